The molecule has 0 aromatic heterocycles. The van der Waals surface area contributed by atoms with E-state index >= 15 is 0 Å². The predicted molar refractivity (Wildman–Crippen MR) is 66.7 cm³/mol. The highest BCUT2D eigenvalue weighted by Crippen LogP contribution is 2.27. The maximum absolute atomic E-state index is 11.7. The lowest BCUT2D eigenvalue weighted by Gasteiger charge is -2.45. The highest BCUT2D eigenvalue weighted by atomic mass is 32.2. The largest absolute Gasteiger partial charge is 0.444 e. The summed E-state index contributed by atoms with van der Waals surface area (Å²) < 4.78 is 31.7. The van der Waals surface area contributed by atoms with Crippen molar-refractivity contribution < 1.29 is 22.1 Å². The smallest absolute Gasteiger partial charge is 0.410 e. The summed E-state index contributed by atoms with van der Waals surface area (Å²) in [5, 5.41) is 0. The summed E-state index contributed by atoms with van der Waals surface area (Å²) in [4.78, 5) is 13.3. The molecule has 6 nitrogen and oxygen atoms in total. The summed E-state index contributed by atoms with van der Waals surface area (Å²) in [5.41, 5.74) is -0.523. The average Bonchev–Trinajstić information content (AvgIpc) is 2.10. The SMILES string of the molecule is C[C@@H]1[C@@H](COS(C)(=O)=O)CN1C(=O)OC(C)(C)C. The fourth-order valence-electron chi connectivity index (χ4n) is 1.65. The molecule has 1 amide bonds. The zero-order valence-corrected chi connectivity index (χ0v) is 12.3. The Labute approximate surface area is 108 Å². The first-order valence-electron chi connectivity index (χ1n) is 5.83. The van der Waals surface area contributed by atoms with Crippen LogP contribution in [0.5, 0.6) is 0 Å². The maximum Gasteiger partial charge on any atom is 0.410 e. The van der Waals surface area contributed by atoms with Crippen LogP contribution in [0, 0.1) is 5.92 Å². The molecule has 1 saturated heterocycles. The predicted octanol–water partition coefficient (Wildman–Crippen LogP) is 1.22. The summed E-state index contributed by atoms with van der Waals surface area (Å²) in [6, 6.07) is -0.0680. The van der Waals surface area contributed by atoms with Gasteiger partial charge >= 0.3 is 6.09 Å². The highest BCUT2D eigenvalue weighted by molar-refractivity contribution is 7.85. The third kappa shape index (κ3) is 4.45. The number of nitrogens with zero attached hydrogens (tertiary/aromatic N) is 1. The Hall–Kier alpha value is -0.820. The monoisotopic (exact) mass is 279 g/mol. The van der Waals surface area contributed by atoms with Crippen LogP contribution in [0.2, 0.25) is 0 Å². The Bertz CT molecular complexity index is 412. The maximum atomic E-state index is 11.7. The van der Waals surface area contributed by atoms with E-state index in [-0.39, 0.29) is 24.7 Å². The van der Waals surface area contributed by atoms with E-state index in [0.29, 0.717) is 6.54 Å². The lowest BCUT2D eigenvalue weighted by atomic mass is 9.91. The molecule has 18 heavy (non-hydrogen) atoms. The Morgan fingerprint density at radius 2 is 1.94 bits per heavy atom. The standard InChI is InChI=1S/C11H21NO5S/c1-8-9(7-16-18(5,14)15)6-12(8)10(13)17-11(2,3)4/h8-9H,6-7H2,1-5H3/t8-,9-/m1/s1. The van der Waals surface area contributed by atoms with Crippen LogP contribution in [0.4, 0.5) is 4.79 Å². The molecule has 0 spiro atoms. The molecule has 0 aromatic rings. The fraction of sp³-hybridized carbons (Fsp3) is 0.909. The van der Waals surface area contributed by atoms with E-state index in [1.807, 2.05) is 6.92 Å². The minimum Gasteiger partial charge on any atom is -0.444 e. The van der Waals surface area contributed by atoms with Crippen molar-refractivity contribution in [3.05, 3.63) is 0 Å². The Balaban J connectivity index is 2.41. The van der Waals surface area contributed by atoms with Gasteiger partial charge in [-0.05, 0) is 27.7 Å². The zero-order chi connectivity index (χ0) is 14.1. The van der Waals surface area contributed by atoms with Crippen LogP contribution in [-0.4, -0.2) is 50.5 Å². The molecule has 0 aromatic carbocycles. The van der Waals surface area contributed by atoms with Gasteiger partial charge in [0.2, 0.25) is 0 Å². The number of ether oxygens (including phenoxy) is 1. The van der Waals surface area contributed by atoms with Gasteiger partial charge in [-0.3, -0.25) is 4.18 Å². The van der Waals surface area contributed by atoms with Gasteiger partial charge in [-0.15, -0.1) is 0 Å². The third-order valence-corrected chi connectivity index (χ3v) is 3.29. The third-order valence-electron chi connectivity index (χ3n) is 2.73. The fourth-order valence-corrected chi connectivity index (χ4v) is 2.07. The van der Waals surface area contributed by atoms with E-state index in [4.69, 9.17) is 8.92 Å². The van der Waals surface area contributed by atoms with Gasteiger partial charge in [0.05, 0.1) is 12.9 Å². The molecule has 1 heterocycles. The Morgan fingerprint density at radius 3 is 2.33 bits per heavy atom. The van der Waals surface area contributed by atoms with E-state index in [1.165, 1.54) is 0 Å². The van der Waals surface area contributed by atoms with Crippen molar-refractivity contribution in [3.63, 3.8) is 0 Å². The van der Waals surface area contributed by atoms with Gasteiger partial charge in [0, 0.05) is 18.5 Å². The molecule has 1 aliphatic rings. The molecule has 0 unspecified atom stereocenters. The van der Waals surface area contributed by atoms with Gasteiger partial charge in [-0.25, -0.2) is 4.79 Å². The van der Waals surface area contributed by atoms with Crippen LogP contribution in [0.3, 0.4) is 0 Å². The summed E-state index contributed by atoms with van der Waals surface area (Å²) in [6.07, 6.45) is 0.646. The van der Waals surface area contributed by atoms with E-state index in [2.05, 4.69) is 0 Å². The van der Waals surface area contributed by atoms with Gasteiger partial charge < -0.3 is 9.64 Å². The molecule has 0 radical (unpaired) electrons. The molecule has 0 aliphatic carbocycles. The van der Waals surface area contributed by atoms with Crippen molar-refractivity contribution >= 4 is 16.2 Å². The van der Waals surface area contributed by atoms with E-state index in [0.717, 1.165) is 6.26 Å². The minimum atomic E-state index is -3.42. The van der Waals surface area contributed by atoms with Crippen LogP contribution in [-0.2, 0) is 19.0 Å². The van der Waals surface area contributed by atoms with Crippen molar-refractivity contribution in [2.24, 2.45) is 5.92 Å². The van der Waals surface area contributed by atoms with Gasteiger partial charge in [0.25, 0.3) is 10.1 Å². The van der Waals surface area contributed by atoms with Crippen molar-refractivity contribution in [3.8, 4) is 0 Å². The van der Waals surface area contributed by atoms with Gasteiger partial charge in [0.15, 0.2) is 0 Å². The van der Waals surface area contributed by atoms with Gasteiger partial charge in [-0.1, -0.05) is 0 Å². The number of amides is 1. The second kappa shape index (κ2) is 5.05. The molecule has 1 fully saturated rings. The lowest BCUT2D eigenvalue weighted by molar-refractivity contribution is -0.0339. The van der Waals surface area contributed by atoms with Gasteiger partial charge in [0.1, 0.15) is 5.60 Å². The molecule has 0 N–H and O–H groups in total. The van der Waals surface area contributed by atoms with Crippen molar-refractivity contribution in [1.29, 1.82) is 0 Å². The summed E-state index contributed by atoms with van der Waals surface area (Å²) in [6.45, 7) is 7.84. The number of carbonyl (C=O) groups is 1. The van der Waals surface area contributed by atoms with Crippen LogP contribution in [0.1, 0.15) is 27.7 Å². The second-order valence-electron chi connectivity index (χ2n) is 5.62. The average molecular weight is 279 g/mol. The summed E-state index contributed by atoms with van der Waals surface area (Å²) in [5.74, 6) is 0.0345. The number of rotatable bonds is 3. The van der Waals surface area contributed by atoms with E-state index in [1.54, 1.807) is 25.7 Å². The first-order valence-corrected chi connectivity index (χ1v) is 7.65. The number of likely N-dealkylation sites (tertiary alicyclic amines) is 1. The van der Waals surface area contributed by atoms with Crippen LogP contribution >= 0.6 is 0 Å². The highest BCUT2D eigenvalue weighted by Gasteiger charge is 2.41. The van der Waals surface area contributed by atoms with Crippen molar-refractivity contribution in [1.82, 2.24) is 4.90 Å². The van der Waals surface area contributed by atoms with Crippen molar-refractivity contribution in [2.45, 2.75) is 39.3 Å². The zero-order valence-electron chi connectivity index (χ0n) is 11.5. The molecule has 1 rings (SSSR count). The summed E-state index contributed by atoms with van der Waals surface area (Å²) in [7, 11) is -3.42. The van der Waals surface area contributed by atoms with Crippen LogP contribution in [0.25, 0.3) is 0 Å². The number of hydrogen-bond acceptors (Lipinski definition) is 5. The van der Waals surface area contributed by atoms with Crippen LogP contribution < -0.4 is 0 Å². The minimum absolute atomic E-state index is 0.0345. The van der Waals surface area contributed by atoms with Crippen LogP contribution in [0.15, 0.2) is 0 Å². The first kappa shape index (κ1) is 15.2. The number of carbonyl (C=O) groups excluding carboxylic acids is 1. The Kier molecular flexibility index (Phi) is 4.27. The lowest BCUT2D eigenvalue weighted by Crippen LogP contribution is -2.59. The quantitative estimate of drug-likeness (QED) is 0.726. The topological polar surface area (TPSA) is 72.9 Å². The molecular formula is C11H21NO5S. The molecule has 2 atom stereocenters. The normalized spacial score (nSPS) is 24.6. The molecule has 1 aliphatic heterocycles. The number of hydrogen-bond donors (Lipinski definition) is 0. The van der Waals surface area contributed by atoms with E-state index in [9.17, 15) is 13.2 Å². The molecule has 0 saturated carbocycles. The van der Waals surface area contributed by atoms with Gasteiger partial charge in [-0.2, -0.15) is 8.42 Å². The van der Waals surface area contributed by atoms with E-state index < -0.39 is 15.7 Å². The van der Waals surface area contributed by atoms with Crippen molar-refractivity contribution in [2.75, 3.05) is 19.4 Å². The molecule has 7 heteroatoms. The summed E-state index contributed by atoms with van der Waals surface area (Å²) >= 11 is 0. The molecular weight excluding hydrogens is 258 g/mol. The molecule has 0 bridgehead atoms. The first-order chi connectivity index (χ1) is 7.99. The second-order valence-corrected chi connectivity index (χ2v) is 7.27. The Morgan fingerprint density at radius 1 is 1.39 bits per heavy atom. The molecule has 106 valence electrons.